The zero-order valence-corrected chi connectivity index (χ0v) is 15.1. The second kappa shape index (κ2) is 9.18. The molecule has 0 saturated heterocycles. The van der Waals surface area contributed by atoms with Crippen LogP contribution in [0.4, 0.5) is 17.6 Å². The summed E-state index contributed by atoms with van der Waals surface area (Å²) >= 11 is 0. The first-order valence-corrected chi connectivity index (χ1v) is 8.29. The molecular formula is C19H16F4N2O4. The molecule has 0 aliphatic heterocycles. The van der Waals surface area contributed by atoms with E-state index in [4.69, 9.17) is 5.11 Å². The quantitative estimate of drug-likeness (QED) is 0.481. The summed E-state index contributed by atoms with van der Waals surface area (Å²) in [4.78, 5) is 35.1. The smallest absolute Gasteiger partial charge is 0.305 e. The minimum Gasteiger partial charge on any atom is -0.481 e. The molecule has 0 radical (unpaired) electrons. The highest BCUT2D eigenvalue weighted by atomic mass is 19.2. The second-order valence-electron chi connectivity index (χ2n) is 6.15. The Bertz CT molecular complexity index is 939. The van der Waals surface area contributed by atoms with Crippen LogP contribution < -0.4 is 10.6 Å². The maximum Gasteiger partial charge on any atom is 0.305 e. The highest BCUT2D eigenvalue weighted by Gasteiger charge is 2.29. The van der Waals surface area contributed by atoms with E-state index in [1.54, 1.807) is 25.1 Å². The molecular weight excluding hydrogens is 396 g/mol. The van der Waals surface area contributed by atoms with Crippen LogP contribution in [0.2, 0.25) is 0 Å². The number of hydrogen-bond acceptors (Lipinski definition) is 3. The lowest BCUT2D eigenvalue weighted by Gasteiger charge is -2.19. The highest BCUT2D eigenvalue weighted by molar-refractivity contribution is 5.96. The number of carboxylic acids is 1. The van der Waals surface area contributed by atoms with Crippen molar-refractivity contribution in [1.82, 2.24) is 10.6 Å². The maximum absolute atomic E-state index is 14.0. The van der Waals surface area contributed by atoms with E-state index in [9.17, 15) is 31.9 Å². The summed E-state index contributed by atoms with van der Waals surface area (Å²) in [5.74, 6) is -10.3. The van der Waals surface area contributed by atoms with Crippen LogP contribution in [0.15, 0.2) is 30.3 Å². The van der Waals surface area contributed by atoms with Crippen molar-refractivity contribution in [3.05, 3.63) is 70.3 Å². The third-order valence-corrected chi connectivity index (χ3v) is 3.90. The Morgan fingerprint density at radius 3 is 2.21 bits per heavy atom. The van der Waals surface area contributed by atoms with Gasteiger partial charge in [-0.3, -0.25) is 14.4 Å². The van der Waals surface area contributed by atoms with Gasteiger partial charge in [0.25, 0.3) is 5.91 Å². The van der Waals surface area contributed by atoms with Gasteiger partial charge in [0.2, 0.25) is 5.91 Å². The fraction of sp³-hybridized carbons (Fsp3) is 0.211. The minimum atomic E-state index is -1.90. The number of carboxylic acid groups (broad SMARTS) is 1. The van der Waals surface area contributed by atoms with Crippen LogP contribution in [-0.4, -0.2) is 29.4 Å². The fourth-order valence-electron chi connectivity index (χ4n) is 2.59. The lowest BCUT2D eigenvalue weighted by Crippen LogP contribution is -2.40. The van der Waals surface area contributed by atoms with Crippen LogP contribution in [0.5, 0.6) is 0 Å². The first-order chi connectivity index (χ1) is 13.6. The summed E-state index contributed by atoms with van der Waals surface area (Å²) in [7, 11) is 0. The molecule has 2 amide bonds. The standard InChI is InChI=1S/C19H16F4N2O4/c1-9-3-2-4-10(5-9)19(29)24-8-14(26)25-13(7-15(27)28)16-17(22)11(20)6-12(21)18(16)23/h2-6,13H,7-8H2,1H3,(H,24,29)(H,25,26)(H,27,28). The normalized spacial score (nSPS) is 11.6. The molecule has 6 nitrogen and oxygen atoms in total. The average Bonchev–Trinajstić information content (AvgIpc) is 2.64. The maximum atomic E-state index is 14.0. The summed E-state index contributed by atoms with van der Waals surface area (Å²) in [6.07, 6.45) is -1.05. The van der Waals surface area contributed by atoms with Gasteiger partial charge < -0.3 is 15.7 Å². The Morgan fingerprint density at radius 2 is 1.66 bits per heavy atom. The van der Waals surface area contributed by atoms with Gasteiger partial charge in [-0.05, 0) is 19.1 Å². The van der Waals surface area contributed by atoms with Crippen molar-refractivity contribution < 1.29 is 37.1 Å². The van der Waals surface area contributed by atoms with E-state index in [-0.39, 0.29) is 11.6 Å². The molecule has 0 saturated carbocycles. The molecule has 0 bridgehead atoms. The van der Waals surface area contributed by atoms with E-state index in [1.165, 1.54) is 6.07 Å². The fourth-order valence-corrected chi connectivity index (χ4v) is 2.59. The van der Waals surface area contributed by atoms with Crippen molar-refractivity contribution in [3.8, 4) is 0 Å². The van der Waals surface area contributed by atoms with Gasteiger partial charge in [0.15, 0.2) is 23.3 Å². The van der Waals surface area contributed by atoms with Crippen LogP contribution in [0.25, 0.3) is 0 Å². The van der Waals surface area contributed by atoms with Gasteiger partial charge in [-0.25, -0.2) is 17.6 Å². The molecule has 0 spiro atoms. The highest BCUT2D eigenvalue weighted by Crippen LogP contribution is 2.27. The number of rotatable bonds is 7. The Kier molecular flexibility index (Phi) is 6.92. The molecule has 0 fully saturated rings. The van der Waals surface area contributed by atoms with E-state index in [2.05, 4.69) is 5.32 Å². The second-order valence-corrected chi connectivity index (χ2v) is 6.15. The molecule has 1 unspecified atom stereocenters. The largest absolute Gasteiger partial charge is 0.481 e. The molecule has 0 aliphatic rings. The summed E-state index contributed by atoms with van der Waals surface area (Å²) < 4.78 is 54.8. The van der Waals surface area contributed by atoms with Crippen molar-refractivity contribution in [2.24, 2.45) is 0 Å². The zero-order valence-electron chi connectivity index (χ0n) is 15.1. The lowest BCUT2D eigenvalue weighted by atomic mass is 10.0. The molecule has 2 rings (SSSR count). The van der Waals surface area contributed by atoms with Crippen LogP contribution in [0.1, 0.15) is 33.9 Å². The van der Waals surface area contributed by atoms with E-state index in [0.29, 0.717) is 0 Å². The summed E-state index contributed by atoms with van der Waals surface area (Å²) in [6, 6.07) is 4.49. The number of hydrogen-bond donors (Lipinski definition) is 3. The minimum absolute atomic E-state index is 0.0319. The van der Waals surface area contributed by atoms with E-state index >= 15 is 0 Å². The number of halogens is 4. The van der Waals surface area contributed by atoms with Crippen molar-refractivity contribution in [2.75, 3.05) is 6.54 Å². The van der Waals surface area contributed by atoms with Crippen molar-refractivity contribution >= 4 is 17.8 Å². The van der Waals surface area contributed by atoms with Crippen LogP contribution in [0, 0.1) is 30.2 Å². The molecule has 29 heavy (non-hydrogen) atoms. The number of amides is 2. The SMILES string of the molecule is Cc1cccc(C(=O)NCC(=O)NC(CC(=O)O)c2c(F)c(F)cc(F)c2F)c1. The van der Waals surface area contributed by atoms with Crippen LogP contribution >= 0.6 is 0 Å². The molecule has 2 aromatic rings. The first-order valence-electron chi connectivity index (χ1n) is 8.29. The number of carbonyl (C=O) groups is 3. The third-order valence-electron chi connectivity index (χ3n) is 3.90. The predicted molar refractivity (Wildman–Crippen MR) is 92.9 cm³/mol. The first kappa shape index (κ1) is 21.9. The van der Waals surface area contributed by atoms with Gasteiger partial charge in [-0.1, -0.05) is 17.7 Å². The Morgan fingerprint density at radius 1 is 1.03 bits per heavy atom. The zero-order chi connectivity index (χ0) is 21.7. The van der Waals surface area contributed by atoms with E-state index in [0.717, 1.165) is 5.56 Å². The number of aliphatic carboxylic acids is 1. The van der Waals surface area contributed by atoms with Gasteiger partial charge in [0.1, 0.15) is 0 Å². The van der Waals surface area contributed by atoms with Gasteiger partial charge in [0, 0.05) is 11.6 Å². The van der Waals surface area contributed by atoms with Gasteiger partial charge in [-0.2, -0.15) is 0 Å². The molecule has 0 aliphatic carbocycles. The van der Waals surface area contributed by atoms with Crippen molar-refractivity contribution in [2.45, 2.75) is 19.4 Å². The van der Waals surface area contributed by atoms with E-state index < -0.39 is 65.6 Å². The molecule has 1 atom stereocenters. The summed E-state index contributed by atoms with van der Waals surface area (Å²) in [5.41, 5.74) is -0.213. The monoisotopic (exact) mass is 412 g/mol. The number of benzene rings is 2. The average molecular weight is 412 g/mol. The lowest BCUT2D eigenvalue weighted by molar-refractivity contribution is -0.137. The van der Waals surface area contributed by atoms with Gasteiger partial charge in [-0.15, -0.1) is 0 Å². The third kappa shape index (κ3) is 5.53. The number of aryl methyl sites for hydroxylation is 1. The van der Waals surface area contributed by atoms with Crippen LogP contribution in [0.3, 0.4) is 0 Å². The molecule has 3 N–H and O–H groups in total. The van der Waals surface area contributed by atoms with Crippen LogP contribution in [-0.2, 0) is 9.59 Å². The molecule has 2 aromatic carbocycles. The van der Waals surface area contributed by atoms with Crippen molar-refractivity contribution in [1.29, 1.82) is 0 Å². The Hall–Kier alpha value is -3.43. The molecule has 0 aromatic heterocycles. The Balaban J connectivity index is 2.16. The molecule has 154 valence electrons. The molecule has 0 heterocycles. The predicted octanol–water partition coefficient (Wildman–Crippen LogP) is 2.61. The van der Waals surface area contributed by atoms with E-state index in [1.807, 2.05) is 5.32 Å². The Labute approximate surface area is 162 Å². The molecule has 10 heteroatoms. The number of carbonyl (C=O) groups excluding carboxylic acids is 2. The van der Waals surface area contributed by atoms with Crippen molar-refractivity contribution in [3.63, 3.8) is 0 Å². The van der Waals surface area contributed by atoms with Gasteiger partial charge >= 0.3 is 5.97 Å². The van der Waals surface area contributed by atoms with Gasteiger partial charge in [0.05, 0.1) is 24.6 Å². The summed E-state index contributed by atoms with van der Waals surface area (Å²) in [5, 5.41) is 13.1. The number of nitrogens with one attached hydrogen (secondary N) is 2. The topological polar surface area (TPSA) is 95.5 Å². The summed E-state index contributed by atoms with van der Waals surface area (Å²) in [6.45, 7) is 1.09.